The van der Waals surface area contributed by atoms with Gasteiger partial charge in [0.2, 0.25) is 5.91 Å². The lowest BCUT2D eigenvalue weighted by atomic mass is 10.0. The van der Waals surface area contributed by atoms with E-state index in [0.717, 1.165) is 12.0 Å². The van der Waals surface area contributed by atoms with Gasteiger partial charge in [0.25, 0.3) is 5.91 Å². The van der Waals surface area contributed by atoms with E-state index in [1.807, 2.05) is 19.1 Å². The Bertz CT molecular complexity index is 916. The summed E-state index contributed by atoms with van der Waals surface area (Å²) in [5.41, 5.74) is 3.56. The molecule has 2 aromatic rings. The maximum Gasteiger partial charge on any atom is 0.267 e. The van der Waals surface area contributed by atoms with E-state index in [2.05, 4.69) is 31.3 Å². The van der Waals surface area contributed by atoms with Crippen LogP contribution in [0.3, 0.4) is 0 Å². The molecule has 0 aliphatic carbocycles. The molecule has 0 radical (unpaired) electrons. The lowest BCUT2D eigenvalue weighted by Crippen LogP contribution is -2.44. The van der Waals surface area contributed by atoms with Crippen molar-refractivity contribution in [1.29, 1.82) is 0 Å². The number of hydrogen-bond donors (Lipinski definition) is 1. The summed E-state index contributed by atoms with van der Waals surface area (Å²) in [4.78, 5) is 26.5. The van der Waals surface area contributed by atoms with Crippen molar-refractivity contribution in [2.24, 2.45) is 0 Å². The molecule has 152 valence electrons. The van der Waals surface area contributed by atoms with Gasteiger partial charge in [-0.05, 0) is 54.7 Å². The predicted molar refractivity (Wildman–Crippen MR) is 117 cm³/mol. The van der Waals surface area contributed by atoms with Crippen molar-refractivity contribution in [3.8, 4) is 5.75 Å². The van der Waals surface area contributed by atoms with Gasteiger partial charge in [-0.25, -0.2) is 0 Å². The molecule has 5 nitrogen and oxygen atoms in total. The second-order valence-corrected chi connectivity index (χ2v) is 7.58. The highest BCUT2D eigenvalue weighted by atomic mass is 16.5. The van der Waals surface area contributed by atoms with E-state index >= 15 is 0 Å². The number of carbonyl (C=O) groups excluding carboxylic acids is 2. The highest BCUT2D eigenvalue weighted by Crippen LogP contribution is 2.36. The van der Waals surface area contributed by atoms with Crippen molar-refractivity contribution < 1.29 is 14.3 Å². The van der Waals surface area contributed by atoms with Gasteiger partial charge in [-0.15, -0.1) is 0 Å². The molecule has 0 aromatic heterocycles. The van der Waals surface area contributed by atoms with Crippen LogP contribution in [0.2, 0.25) is 0 Å². The number of hydrogen-bond acceptors (Lipinski definition) is 3. The molecule has 0 spiro atoms. The number of anilines is 2. The number of nitrogens with zero attached hydrogens (tertiary/aromatic N) is 1. The van der Waals surface area contributed by atoms with Crippen LogP contribution in [0.4, 0.5) is 11.4 Å². The highest BCUT2D eigenvalue weighted by molar-refractivity contribution is 6.04. The van der Waals surface area contributed by atoms with Crippen LogP contribution < -0.4 is 15.0 Å². The summed E-state index contributed by atoms with van der Waals surface area (Å²) < 4.78 is 5.69. The topological polar surface area (TPSA) is 58.6 Å². The van der Waals surface area contributed by atoms with Crippen LogP contribution in [-0.4, -0.2) is 24.5 Å². The van der Waals surface area contributed by atoms with E-state index < -0.39 is 6.10 Å². The number of amides is 2. The largest absolute Gasteiger partial charge is 0.479 e. The number of rotatable bonds is 6. The molecular weight excluding hydrogens is 364 g/mol. The molecule has 1 heterocycles. The number of carbonyl (C=O) groups is 2. The third-order valence-corrected chi connectivity index (χ3v) is 4.91. The molecule has 0 bridgehead atoms. The zero-order chi connectivity index (χ0) is 21.0. The fraction of sp³-hybridized carbons (Fsp3) is 0.333. The average Bonchev–Trinajstić information content (AvgIpc) is 2.70. The molecule has 1 aliphatic heterocycles. The summed E-state index contributed by atoms with van der Waals surface area (Å²) in [5.74, 6) is 0.847. The van der Waals surface area contributed by atoms with Crippen LogP contribution >= 0.6 is 0 Å². The quantitative estimate of drug-likeness (QED) is 0.705. The molecule has 0 saturated heterocycles. The fourth-order valence-electron chi connectivity index (χ4n) is 3.29. The van der Waals surface area contributed by atoms with Crippen LogP contribution in [0.5, 0.6) is 5.75 Å². The maximum atomic E-state index is 12.4. The molecule has 1 aliphatic rings. The zero-order valence-corrected chi connectivity index (χ0v) is 17.4. The first-order valence-electron chi connectivity index (χ1n) is 10.1. The minimum Gasteiger partial charge on any atom is -0.479 e. The Labute approximate surface area is 172 Å². The van der Waals surface area contributed by atoms with Crippen molar-refractivity contribution >= 4 is 29.3 Å². The second kappa shape index (κ2) is 8.95. The van der Waals surface area contributed by atoms with Crippen LogP contribution in [0.1, 0.15) is 51.2 Å². The van der Waals surface area contributed by atoms with Gasteiger partial charge in [0, 0.05) is 18.3 Å². The Morgan fingerprint density at radius 2 is 1.93 bits per heavy atom. The minimum atomic E-state index is -0.500. The van der Waals surface area contributed by atoms with E-state index in [1.54, 1.807) is 36.1 Å². The first-order chi connectivity index (χ1) is 13.9. The third-order valence-electron chi connectivity index (χ3n) is 4.91. The molecule has 29 heavy (non-hydrogen) atoms. The van der Waals surface area contributed by atoms with Crippen LogP contribution in [-0.2, 0) is 9.59 Å². The predicted octanol–water partition coefficient (Wildman–Crippen LogP) is 4.99. The van der Waals surface area contributed by atoms with Crippen molar-refractivity contribution in [3.05, 3.63) is 59.7 Å². The highest BCUT2D eigenvalue weighted by Gasteiger charge is 2.31. The Balaban J connectivity index is 1.72. The molecule has 0 fully saturated rings. The number of ether oxygens (including phenoxy) is 1. The van der Waals surface area contributed by atoms with Crippen LogP contribution in [0, 0.1) is 0 Å². The number of fused-ring (bicyclic) bond motifs is 1. The molecule has 3 rings (SSSR count). The van der Waals surface area contributed by atoms with E-state index in [9.17, 15) is 9.59 Å². The Morgan fingerprint density at radius 1 is 1.21 bits per heavy atom. The molecule has 1 N–H and O–H groups in total. The van der Waals surface area contributed by atoms with Crippen molar-refractivity contribution in [1.82, 2.24) is 0 Å². The van der Waals surface area contributed by atoms with Crippen molar-refractivity contribution in [2.75, 3.05) is 16.8 Å². The lowest BCUT2D eigenvalue weighted by molar-refractivity contribution is -0.125. The lowest BCUT2D eigenvalue weighted by Gasteiger charge is -2.33. The SMILES string of the molecule is CCCN1C(=O)C(C)Oc2ccc(NC(=O)/C=C/c3ccc(C(C)C)cc3)cc21. The first-order valence-corrected chi connectivity index (χ1v) is 10.1. The summed E-state index contributed by atoms with van der Waals surface area (Å²) >= 11 is 0. The molecular formula is C24H28N2O3. The monoisotopic (exact) mass is 392 g/mol. The average molecular weight is 392 g/mol. The molecule has 5 heteroatoms. The van der Waals surface area contributed by atoms with Gasteiger partial charge < -0.3 is 15.0 Å². The minimum absolute atomic E-state index is 0.0624. The fourth-order valence-corrected chi connectivity index (χ4v) is 3.29. The summed E-state index contributed by atoms with van der Waals surface area (Å²) in [6.07, 6.45) is 3.64. The van der Waals surface area contributed by atoms with Gasteiger partial charge >= 0.3 is 0 Å². The van der Waals surface area contributed by atoms with Crippen LogP contribution in [0.25, 0.3) is 6.08 Å². The van der Waals surface area contributed by atoms with Gasteiger partial charge in [0.15, 0.2) is 6.10 Å². The maximum absolute atomic E-state index is 12.4. The zero-order valence-electron chi connectivity index (χ0n) is 17.4. The molecule has 1 atom stereocenters. The number of benzene rings is 2. The van der Waals surface area contributed by atoms with E-state index in [0.29, 0.717) is 29.6 Å². The van der Waals surface area contributed by atoms with E-state index in [-0.39, 0.29) is 11.8 Å². The smallest absolute Gasteiger partial charge is 0.267 e. The Kier molecular flexibility index (Phi) is 6.37. The standard InChI is InChI=1S/C24H28N2O3/c1-5-14-26-21-15-20(11-12-22(21)29-17(4)24(26)28)25-23(27)13-8-18-6-9-19(10-7-18)16(2)3/h6-13,15-17H,5,14H2,1-4H3,(H,25,27)/b13-8+. The first kappa shape index (κ1) is 20.6. The Morgan fingerprint density at radius 3 is 2.59 bits per heavy atom. The van der Waals surface area contributed by atoms with Gasteiger partial charge in [0.1, 0.15) is 5.75 Å². The molecule has 0 saturated carbocycles. The molecule has 2 amide bonds. The van der Waals surface area contributed by atoms with E-state index in [4.69, 9.17) is 4.74 Å². The van der Waals surface area contributed by atoms with Gasteiger partial charge in [-0.2, -0.15) is 0 Å². The summed E-state index contributed by atoms with van der Waals surface area (Å²) in [6, 6.07) is 13.5. The van der Waals surface area contributed by atoms with Gasteiger partial charge in [-0.3, -0.25) is 9.59 Å². The van der Waals surface area contributed by atoms with Gasteiger partial charge in [0.05, 0.1) is 5.69 Å². The third kappa shape index (κ3) is 4.86. The normalized spacial score (nSPS) is 16.1. The summed E-state index contributed by atoms with van der Waals surface area (Å²) in [6.45, 7) is 8.69. The number of nitrogens with one attached hydrogen (secondary N) is 1. The Hall–Kier alpha value is -3.08. The van der Waals surface area contributed by atoms with Crippen molar-refractivity contribution in [2.45, 2.75) is 46.1 Å². The second-order valence-electron chi connectivity index (χ2n) is 7.58. The van der Waals surface area contributed by atoms with Gasteiger partial charge in [-0.1, -0.05) is 45.0 Å². The van der Waals surface area contributed by atoms with E-state index in [1.165, 1.54) is 11.6 Å². The molecule has 2 aromatic carbocycles. The van der Waals surface area contributed by atoms with Crippen LogP contribution in [0.15, 0.2) is 48.5 Å². The molecule has 1 unspecified atom stereocenters. The van der Waals surface area contributed by atoms with Crippen molar-refractivity contribution in [3.63, 3.8) is 0 Å². The summed E-state index contributed by atoms with van der Waals surface area (Å²) in [5, 5.41) is 2.86. The summed E-state index contributed by atoms with van der Waals surface area (Å²) in [7, 11) is 0.